The summed E-state index contributed by atoms with van der Waals surface area (Å²) >= 11 is 0. The first-order valence-electron chi connectivity index (χ1n) is 9.13. The third-order valence-electron chi connectivity index (χ3n) is 8.13. The van der Waals surface area contributed by atoms with Gasteiger partial charge >= 0.3 is 0 Å². The maximum absolute atomic E-state index is 11.6. The molecule has 0 aromatic heterocycles. The lowest BCUT2D eigenvalue weighted by Crippen LogP contribution is -2.67. The van der Waals surface area contributed by atoms with Crippen LogP contribution in [0.15, 0.2) is 12.7 Å². The average Bonchev–Trinajstić information content (AvgIpc) is 2.43. The average molecular weight is 306 g/mol. The van der Waals surface area contributed by atoms with Crippen molar-refractivity contribution >= 4 is 0 Å². The Kier molecular flexibility index (Phi) is 3.63. The van der Waals surface area contributed by atoms with E-state index in [1.54, 1.807) is 0 Å². The molecule has 0 aromatic carbocycles. The zero-order valence-corrected chi connectivity index (χ0v) is 14.9. The van der Waals surface area contributed by atoms with Gasteiger partial charge in [-0.15, -0.1) is 6.58 Å². The maximum Gasteiger partial charge on any atom is 0.0732 e. The van der Waals surface area contributed by atoms with Crippen LogP contribution in [0.2, 0.25) is 0 Å². The van der Waals surface area contributed by atoms with Gasteiger partial charge in [0.05, 0.1) is 11.7 Å². The van der Waals surface area contributed by atoms with Crippen molar-refractivity contribution in [3.8, 4) is 0 Å². The molecule has 3 saturated carbocycles. The molecular formula is C20H34O2. The molecule has 2 nitrogen and oxygen atoms in total. The molecule has 6 atom stereocenters. The van der Waals surface area contributed by atoms with Crippen molar-refractivity contribution < 1.29 is 10.2 Å². The summed E-state index contributed by atoms with van der Waals surface area (Å²) in [5.41, 5.74) is -0.751. The van der Waals surface area contributed by atoms with E-state index in [1.165, 1.54) is 6.42 Å². The molecule has 3 aliphatic rings. The van der Waals surface area contributed by atoms with E-state index in [2.05, 4.69) is 34.3 Å². The normalized spacial score (nSPS) is 54.2. The Morgan fingerprint density at radius 1 is 1.05 bits per heavy atom. The molecule has 126 valence electrons. The zero-order chi connectivity index (χ0) is 16.4. The number of allylic oxidation sites excluding steroid dienone is 1. The van der Waals surface area contributed by atoms with E-state index in [1.807, 2.05) is 6.08 Å². The number of rotatable bonds is 1. The van der Waals surface area contributed by atoms with Crippen LogP contribution in [-0.2, 0) is 0 Å². The van der Waals surface area contributed by atoms with E-state index in [4.69, 9.17) is 0 Å². The van der Waals surface area contributed by atoms with Gasteiger partial charge in [0, 0.05) is 5.41 Å². The number of hydrogen-bond donors (Lipinski definition) is 2. The first-order chi connectivity index (χ1) is 10.1. The molecule has 0 bridgehead atoms. The third-order valence-corrected chi connectivity index (χ3v) is 8.13. The lowest BCUT2D eigenvalue weighted by Gasteiger charge is -2.66. The minimum Gasteiger partial charge on any atom is -0.393 e. The van der Waals surface area contributed by atoms with Crippen LogP contribution in [0.4, 0.5) is 0 Å². The summed E-state index contributed by atoms with van der Waals surface area (Å²) < 4.78 is 0. The molecule has 2 heteroatoms. The third kappa shape index (κ3) is 1.99. The number of fused-ring (bicyclic) bond motifs is 3. The highest BCUT2D eigenvalue weighted by atomic mass is 16.3. The fraction of sp³-hybridized carbons (Fsp3) is 0.900. The molecule has 0 spiro atoms. The zero-order valence-electron chi connectivity index (χ0n) is 14.9. The molecular weight excluding hydrogens is 272 g/mol. The van der Waals surface area contributed by atoms with Gasteiger partial charge in [0.1, 0.15) is 0 Å². The Hall–Kier alpha value is -0.340. The summed E-state index contributed by atoms with van der Waals surface area (Å²) in [6, 6.07) is 0. The minimum atomic E-state index is -0.612. The van der Waals surface area contributed by atoms with Crippen LogP contribution in [0.25, 0.3) is 0 Å². The van der Waals surface area contributed by atoms with Gasteiger partial charge in [-0.2, -0.15) is 0 Å². The predicted molar refractivity (Wildman–Crippen MR) is 90.4 cm³/mol. The first kappa shape index (κ1) is 16.5. The van der Waals surface area contributed by atoms with Crippen LogP contribution in [0.3, 0.4) is 0 Å². The molecule has 0 aromatic rings. The Balaban J connectivity index is 2.00. The lowest BCUT2D eigenvalue weighted by molar-refractivity contribution is -0.251. The second kappa shape index (κ2) is 4.83. The van der Waals surface area contributed by atoms with Crippen molar-refractivity contribution in [3.05, 3.63) is 12.7 Å². The molecule has 6 unspecified atom stereocenters. The predicted octanol–water partition coefficient (Wildman–Crippen LogP) is 4.31. The lowest BCUT2D eigenvalue weighted by atomic mass is 9.41. The van der Waals surface area contributed by atoms with E-state index in [0.29, 0.717) is 5.92 Å². The quantitative estimate of drug-likeness (QED) is 0.709. The van der Waals surface area contributed by atoms with Gasteiger partial charge in [0.25, 0.3) is 0 Å². The minimum absolute atomic E-state index is 0.0389. The topological polar surface area (TPSA) is 40.5 Å². The largest absolute Gasteiger partial charge is 0.393 e. The summed E-state index contributed by atoms with van der Waals surface area (Å²) in [5.74, 6) is 0.727. The van der Waals surface area contributed by atoms with Crippen LogP contribution >= 0.6 is 0 Å². The van der Waals surface area contributed by atoms with Gasteiger partial charge in [-0.05, 0) is 61.2 Å². The summed E-state index contributed by atoms with van der Waals surface area (Å²) in [7, 11) is 0. The van der Waals surface area contributed by atoms with Gasteiger partial charge in [-0.1, -0.05) is 40.2 Å². The van der Waals surface area contributed by atoms with E-state index < -0.39 is 5.60 Å². The van der Waals surface area contributed by atoms with Crippen LogP contribution in [0.1, 0.15) is 72.6 Å². The monoisotopic (exact) mass is 306 g/mol. The van der Waals surface area contributed by atoms with Gasteiger partial charge in [0.15, 0.2) is 0 Å². The molecule has 3 fully saturated rings. The van der Waals surface area contributed by atoms with E-state index in [9.17, 15) is 10.2 Å². The van der Waals surface area contributed by atoms with Crippen molar-refractivity contribution in [2.75, 3.05) is 0 Å². The number of aliphatic hydroxyl groups excluding tert-OH is 1. The highest BCUT2D eigenvalue weighted by molar-refractivity contribution is 5.16. The van der Waals surface area contributed by atoms with Gasteiger partial charge in [0.2, 0.25) is 0 Å². The van der Waals surface area contributed by atoms with Crippen molar-refractivity contribution in [2.24, 2.45) is 28.1 Å². The standard InChI is InChI=1S/C20H34O2/c1-6-18(4)12-14-9-11-20(22)15(8-7-10-17(20,2)3)19(14,5)16(21)13-18/h6,14-16,21-22H,1,7-13H2,2-5H3. The molecule has 0 saturated heterocycles. The van der Waals surface area contributed by atoms with Crippen LogP contribution < -0.4 is 0 Å². The molecule has 0 heterocycles. The smallest absolute Gasteiger partial charge is 0.0732 e. The van der Waals surface area contributed by atoms with E-state index >= 15 is 0 Å². The van der Waals surface area contributed by atoms with Gasteiger partial charge in [-0.3, -0.25) is 0 Å². The fourth-order valence-electron chi connectivity index (χ4n) is 6.30. The number of hydrogen-bond acceptors (Lipinski definition) is 2. The Morgan fingerprint density at radius 3 is 2.36 bits per heavy atom. The fourth-order valence-corrected chi connectivity index (χ4v) is 6.30. The second-order valence-electron chi connectivity index (χ2n) is 9.64. The summed E-state index contributed by atoms with van der Waals surface area (Å²) in [5, 5.41) is 22.7. The first-order valence-corrected chi connectivity index (χ1v) is 9.13. The van der Waals surface area contributed by atoms with Gasteiger partial charge < -0.3 is 10.2 Å². The Bertz CT molecular complexity index is 470. The van der Waals surface area contributed by atoms with Crippen LogP contribution in [-0.4, -0.2) is 21.9 Å². The Morgan fingerprint density at radius 2 is 1.73 bits per heavy atom. The molecule has 2 N–H and O–H groups in total. The second-order valence-corrected chi connectivity index (χ2v) is 9.64. The number of aliphatic hydroxyl groups is 2. The Labute approximate surface area is 136 Å². The van der Waals surface area contributed by atoms with Crippen molar-refractivity contribution in [3.63, 3.8) is 0 Å². The molecule has 0 amide bonds. The van der Waals surface area contributed by atoms with Crippen LogP contribution in [0.5, 0.6) is 0 Å². The summed E-state index contributed by atoms with van der Waals surface area (Å²) in [4.78, 5) is 0. The SMILES string of the molecule is C=CC1(C)CC(O)C2(C)C(CCC3(O)C2CCCC3(C)C)C1. The van der Waals surface area contributed by atoms with E-state index in [0.717, 1.165) is 38.5 Å². The molecule has 0 radical (unpaired) electrons. The maximum atomic E-state index is 11.6. The molecule has 22 heavy (non-hydrogen) atoms. The summed E-state index contributed by atoms with van der Waals surface area (Å²) in [6.45, 7) is 13.0. The highest BCUT2D eigenvalue weighted by Gasteiger charge is 2.65. The van der Waals surface area contributed by atoms with Crippen molar-refractivity contribution in [2.45, 2.75) is 84.3 Å². The highest BCUT2D eigenvalue weighted by Crippen LogP contribution is 2.66. The van der Waals surface area contributed by atoms with Gasteiger partial charge in [-0.25, -0.2) is 0 Å². The van der Waals surface area contributed by atoms with E-state index in [-0.39, 0.29) is 28.3 Å². The summed E-state index contributed by atoms with van der Waals surface area (Å²) in [6.07, 6.45) is 8.87. The molecule has 3 aliphatic carbocycles. The van der Waals surface area contributed by atoms with Crippen molar-refractivity contribution in [1.29, 1.82) is 0 Å². The van der Waals surface area contributed by atoms with Crippen LogP contribution in [0, 0.1) is 28.1 Å². The van der Waals surface area contributed by atoms with Crippen molar-refractivity contribution in [1.82, 2.24) is 0 Å². The molecule has 0 aliphatic heterocycles. The molecule has 3 rings (SSSR count).